The summed E-state index contributed by atoms with van der Waals surface area (Å²) in [5.74, 6) is -0.0767. The highest BCUT2D eigenvalue weighted by Gasteiger charge is 2.14. The predicted molar refractivity (Wildman–Crippen MR) is 38.6 cm³/mol. The molecule has 0 saturated heterocycles. The van der Waals surface area contributed by atoms with E-state index < -0.39 is 6.10 Å². The molecule has 3 heteroatoms. The molecular weight excluding hydrogens is 132 g/mol. The van der Waals surface area contributed by atoms with Crippen molar-refractivity contribution in [2.45, 2.75) is 25.9 Å². The first kappa shape index (κ1) is 9.88. The highest BCUT2D eigenvalue weighted by Crippen LogP contribution is 2.09. The van der Waals surface area contributed by atoms with Gasteiger partial charge in [0, 0.05) is 19.1 Å². The van der Waals surface area contributed by atoms with Crippen molar-refractivity contribution >= 4 is 0 Å². The van der Waals surface area contributed by atoms with Gasteiger partial charge in [0.15, 0.2) is 0 Å². The largest absolute Gasteiger partial charge is 0.396 e. The maximum absolute atomic E-state index is 9.19. The Bertz CT molecular complexity index is 71.3. The summed E-state index contributed by atoms with van der Waals surface area (Å²) in [6.07, 6.45) is 0.552. The lowest BCUT2D eigenvalue weighted by molar-refractivity contribution is 0.0459. The predicted octanol–water partition coefficient (Wildman–Crippen LogP) is -0.252. The van der Waals surface area contributed by atoms with Crippen LogP contribution in [0.3, 0.4) is 0 Å². The number of hydrogen-bond acceptors (Lipinski definition) is 3. The second-order valence-corrected chi connectivity index (χ2v) is 2.43. The summed E-state index contributed by atoms with van der Waals surface area (Å²) in [7, 11) is 0. The van der Waals surface area contributed by atoms with Crippen LogP contribution < -0.4 is 0 Å². The fourth-order valence-electron chi connectivity index (χ4n) is 0.891. The molecule has 2 unspecified atom stereocenters. The fraction of sp³-hybridized carbons (Fsp3) is 1.00. The molecule has 0 amide bonds. The van der Waals surface area contributed by atoms with E-state index in [-0.39, 0.29) is 19.1 Å². The molecule has 3 N–H and O–H groups in total. The van der Waals surface area contributed by atoms with Crippen LogP contribution in [0.15, 0.2) is 0 Å². The van der Waals surface area contributed by atoms with Gasteiger partial charge in [0.2, 0.25) is 0 Å². The van der Waals surface area contributed by atoms with Crippen LogP contribution in [-0.2, 0) is 0 Å². The molecule has 0 spiro atoms. The van der Waals surface area contributed by atoms with Gasteiger partial charge in [-0.2, -0.15) is 0 Å². The third-order valence-corrected chi connectivity index (χ3v) is 1.73. The van der Waals surface area contributed by atoms with E-state index >= 15 is 0 Å². The standard InChI is InChI=1S/C7H16O3/c1-2-6(5-9)7(10)3-4-8/h6-10H,2-5H2,1H3. The molecule has 0 fully saturated rings. The van der Waals surface area contributed by atoms with Crippen LogP contribution in [0, 0.1) is 5.92 Å². The normalized spacial score (nSPS) is 16.8. The minimum Gasteiger partial charge on any atom is -0.396 e. The van der Waals surface area contributed by atoms with Crippen molar-refractivity contribution in [1.82, 2.24) is 0 Å². The maximum atomic E-state index is 9.19. The van der Waals surface area contributed by atoms with Crippen molar-refractivity contribution < 1.29 is 15.3 Å². The molecule has 0 radical (unpaired) electrons. The van der Waals surface area contributed by atoms with Crippen molar-refractivity contribution in [3.63, 3.8) is 0 Å². The molecular formula is C7H16O3. The van der Waals surface area contributed by atoms with E-state index in [2.05, 4.69) is 0 Å². The van der Waals surface area contributed by atoms with Gasteiger partial charge in [-0.1, -0.05) is 6.92 Å². The van der Waals surface area contributed by atoms with Gasteiger partial charge < -0.3 is 15.3 Å². The molecule has 0 aromatic carbocycles. The number of rotatable bonds is 5. The first-order valence-corrected chi connectivity index (χ1v) is 3.66. The smallest absolute Gasteiger partial charge is 0.0612 e. The maximum Gasteiger partial charge on any atom is 0.0612 e. The Hall–Kier alpha value is -0.120. The van der Waals surface area contributed by atoms with E-state index in [0.29, 0.717) is 6.42 Å². The van der Waals surface area contributed by atoms with E-state index in [1.807, 2.05) is 6.92 Å². The minimum absolute atomic E-state index is 0.00231. The minimum atomic E-state index is -0.556. The van der Waals surface area contributed by atoms with Gasteiger partial charge in [-0.05, 0) is 12.8 Å². The number of aliphatic hydroxyl groups excluding tert-OH is 3. The van der Waals surface area contributed by atoms with Crippen molar-refractivity contribution in [1.29, 1.82) is 0 Å². The Morgan fingerprint density at radius 2 is 1.90 bits per heavy atom. The van der Waals surface area contributed by atoms with Crippen LogP contribution in [0.2, 0.25) is 0 Å². The molecule has 0 rings (SSSR count). The molecule has 2 atom stereocenters. The lowest BCUT2D eigenvalue weighted by Crippen LogP contribution is -2.23. The highest BCUT2D eigenvalue weighted by molar-refractivity contribution is 4.65. The molecule has 0 saturated carbocycles. The molecule has 0 aliphatic rings. The van der Waals surface area contributed by atoms with Gasteiger partial charge in [0.1, 0.15) is 0 Å². The summed E-state index contributed by atoms with van der Waals surface area (Å²) >= 11 is 0. The van der Waals surface area contributed by atoms with Crippen LogP contribution in [0.5, 0.6) is 0 Å². The number of aliphatic hydroxyl groups is 3. The Morgan fingerprint density at radius 1 is 1.30 bits per heavy atom. The summed E-state index contributed by atoms with van der Waals surface area (Å²) in [5, 5.41) is 26.3. The van der Waals surface area contributed by atoms with Crippen molar-refractivity contribution in [2.75, 3.05) is 13.2 Å². The molecule has 0 aromatic rings. The van der Waals surface area contributed by atoms with Gasteiger partial charge in [0.25, 0.3) is 0 Å². The molecule has 0 heterocycles. The van der Waals surface area contributed by atoms with Gasteiger partial charge in [0.05, 0.1) is 6.10 Å². The highest BCUT2D eigenvalue weighted by atomic mass is 16.3. The van der Waals surface area contributed by atoms with E-state index in [1.165, 1.54) is 0 Å². The first-order chi connectivity index (χ1) is 4.76. The van der Waals surface area contributed by atoms with Gasteiger partial charge in [-0.25, -0.2) is 0 Å². The lowest BCUT2D eigenvalue weighted by Gasteiger charge is -2.17. The van der Waals surface area contributed by atoms with E-state index in [1.54, 1.807) is 0 Å². The van der Waals surface area contributed by atoms with Gasteiger partial charge in [-0.15, -0.1) is 0 Å². The molecule has 10 heavy (non-hydrogen) atoms. The van der Waals surface area contributed by atoms with Crippen molar-refractivity contribution in [3.8, 4) is 0 Å². The third-order valence-electron chi connectivity index (χ3n) is 1.73. The average molecular weight is 148 g/mol. The molecule has 3 nitrogen and oxygen atoms in total. The Labute approximate surface area is 61.3 Å². The second kappa shape index (κ2) is 5.65. The Balaban J connectivity index is 3.53. The molecule has 62 valence electrons. The fourth-order valence-corrected chi connectivity index (χ4v) is 0.891. The lowest BCUT2D eigenvalue weighted by atomic mass is 9.98. The van der Waals surface area contributed by atoms with Crippen LogP contribution in [0.4, 0.5) is 0 Å². The summed E-state index contributed by atoms with van der Waals surface area (Å²) in [6.45, 7) is 1.89. The zero-order valence-corrected chi connectivity index (χ0v) is 6.32. The van der Waals surface area contributed by atoms with Crippen LogP contribution >= 0.6 is 0 Å². The summed E-state index contributed by atoms with van der Waals surface area (Å²) in [5.41, 5.74) is 0. The summed E-state index contributed by atoms with van der Waals surface area (Å²) in [6, 6.07) is 0. The monoisotopic (exact) mass is 148 g/mol. The van der Waals surface area contributed by atoms with E-state index in [9.17, 15) is 5.11 Å². The van der Waals surface area contributed by atoms with Gasteiger partial charge in [-0.3, -0.25) is 0 Å². The second-order valence-electron chi connectivity index (χ2n) is 2.43. The molecule has 0 bridgehead atoms. The topological polar surface area (TPSA) is 60.7 Å². The molecule has 0 aliphatic carbocycles. The zero-order valence-electron chi connectivity index (χ0n) is 6.32. The van der Waals surface area contributed by atoms with E-state index in [0.717, 1.165) is 6.42 Å². The zero-order chi connectivity index (χ0) is 7.98. The first-order valence-electron chi connectivity index (χ1n) is 3.66. The van der Waals surface area contributed by atoms with Crippen LogP contribution in [0.25, 0.3) is 0 Å². The van der Waals surface area contributed by atoms with Crippen LogP contribution in [-0.4, -0.2) is 34.6 Å². The molecule has 0 aromatic heterocycles. The van der Waals surface area contributed by atoms with Crippen molar-refractivity contribution in [3.05, 3.63) is 0 Å². The Kier molecular flexibility index (Phi) is 5.58. The number of hydrogen-bond donors (Lipinski definition) is 3. The average Bonchev–Trinajstić information content (AvgIpc) is 1.91. The van der Waals surface area contributed by atoms with Gasteiger partial charge >= 0.3 is 0 Å². The summed E-state index contributed by atoms with van der Waals surface area (Å²) in [4.78, 5) is 0. The molecule has 0 aliphatic heterocycles. The quantitative estimate of drug-likeness (QED) is 0.504. The third kappa shape index (κ3) is 3.15. The van der Waals surface area contributed by atoms with Crippen molar-refractivity contribution in [2.24, 2.45) is 5.92 Å². The van der Waals surface area contributed by atoms with Crippen LogP contribution in [0.1, 0.15) is 19.8 Å². The Morgan fingerprint density at radius 3 is 2.20 bits per heavy atom. The SMILES string of the molecule is CCC(CO)C(O)CCO. The summed E-state index contributed by atoms with van der Waals surface area (Å²) < 4.78 is 0. The van der Waals surface area contributed by atoms with E-state index in [4.69, 9.17) is 10.2 Å².